The van der Waals surface area contributed by atoms with E-state index in [4.69, 9.17) is 26.1 Å². The van der Waals surface area contributed by atoms with Gasteiger partial charge in [-0.2, -0.15) is 4.98 Å². The third-order valence-corrected chi connectivity index (χ3v) is 9.21. The number of rotatable bonds is 7. The van der Waals surface area contributed by atoms with Gasteiger partial charge in [0.1, 0.15) is 5.02 Å². The van der Waals surface area contributed by atoms with Crippen molar-refractivity contribution in [3.05, 3.63) is 58.7 Å². The Kier molecular flexibility index (Phi) is 6.29. The Morgan fingerprint density at radius 2 is 1.83 bits per heavy atom. The average molecular weight is 524 g/mol. The summed E-state index contributed by atoms with van der Waals surface area (Å²) in [5.41, 5.74) is 6.17. The number of para-hydroxylation sites is 1. The average Bonchev–Trinajstić information content (AvgIpc) is 3.31. The molecule has 3 aromatic rings. The zero-order valence-electron chi connectivity index (χ0n) is 20.8. The zero-order valence-corrected chi connectivity index (χ0v) is 22.5. The second-order valence-electron chi connectivity index (χ2n) is 10.3. The molecule has 188 valence electrons. The van der Waals surface area contributed by atoms with E-state index in [0.717, 1.165) is 24.5 Å². The fourth-order valence-electron chi connectivity index (χ4n) is 5.67. The number of benzene rings is 2. The molecular weight excluding hydrogens is 493 g/mol. The molecule has 2 aliphatic heterocycles. The van der Waals surface area contributed by atoms with Crippen molar-refractivity contribution in [2.24, 2.45) is 5.41 Å². The van der Waals surface area contributed by atoms with E-state index in [9.17, 15) is 0 Å². The smallest absolute Gasteiger partial charge is 0.229 e. The fraction of sp³-hybridized carbons (Fsp3) is 0.407. The van der Waals surface area contributed by atoms with Crippen molar-refractivity contribution in [2.45, 2.75) is 32.2 Å². The van der Waals surface area contributed by atoms with Crippen LogP contribution in [0.15, 0.2) is 42.6 Å². The van der Waals surface area contributed by atoms with Crippen LogP contribution in [0.1, 0.15) is 24.0 Å². The number of hydrogen-bond donors (Lipinski definition) is 2. The molecule has 36 heavy (non-hydrogen) atoms. The number of halogens is 1. The molecule has 9 heteroatoms. The lowest BCUT2D eigenvalue weighted by atomic mass is 9.61. The van der Waals surface area contributed by atoms with E-state index < -0.39 is 0 Å². The van der Waals surface area contributed by atoms with Gasteiger partial charge in [-0.15, -0.1) is 0 Å². The summed E-state index contributed by atoms with van der Waals surface area (Å²) in [4.78, 5) is 11.6. The Morgan fingerprint density at radius 3 is 2.61 bits per heavy atom. The lowest BCUT2D eigenvalue weighted by Crippen LogP contribution is -2.64. The van der Waals surface area contributed by atoms with Gasteiger partial charge in [-0.25, -0.2) is 4.98 Å². The van der Waals surface area contributed by atoms with Gasteiger partial charge in [0, 0.05) is 53.8 Å². The molecular formula is C27H31ClN5O2P. The highest BCUT2D eigenvalue weighted by molar-refractivity contribution is 7.64. The molecule has 0 bridgehead atoms. The van der Waals surface area contributed by atoms with Crippen molar-refractivity contribution in [3.63, 3.8) is 0 Å². The molecule has 6 rings (SSSR count). The number of fused-ring (bicyclic) bond motifs is 1. The second-order valence-corrected chi connectivity index (χ2v) is 12.9. The standard InChI is InChI=1S/C27H31ClN5O2P/c1-34-17-10-27(11-17)15-33(16-27)23-9-8-21(18-13-35-14-19(18)23)31-26-29-12-20(28)25(32-26)30-22-6-4-5-7-24(22)36(2)3/h4-9,12,17H,10-11,13-16H2,1-3H3,(H2,29,30,31,32). The molecule has 1 saturated heterocycles. The van der Waals surface area contributed by atoms with Gasteiger partial charge in [0.15, 0.2) is 5.82 Å². The minimum absolute atomic E-state index is 0.274. The molecule has 2 fully saturated rings. The minimum atomic E-state index is -0.274. The molecule has 2 aromatic carbocycles. The summed E-state index contributed by atoms with van der Waals surface area (Å²) in [6.07, 6.45) is 4.42. The van der Waals surface area contributed by atoms with Crippen LogP contribution in [-0.2, 0) is 22.7 Å². The fourth-order valence-corrected chi connectivity index (χ4v) is 6.81. The quantitative estimate of drug-likeness (QED) is 0.389. The van der Waals surface area contributed by atoms with Crippen LogP contribution in [0.3, 0.4) is 0 Å². The van der Waals surface area contributed by atoms with Gasteiger partial charge in [0.05, 0.1) is 25.5 Å². The normalized spacial score (nSPS) is 18.2. The van der Waals surface area contributed by atoms with Gasteiger partial charge in [-0.1, -0.05) is 37.7 Å². The first-order valence-electron chi connectivity index (χ1n) is 12.3. The van der Waals surface area contributed by atoms with Crippen molar-refractivity contribution in [1.82, 2.24) is 9.97 Å². The number of hydrogen-bond acceptors (Lipinski definition) is 7. The Hall–Kier alpha value is -2.44. The molecule has 0 radical (unpaired) electrons. The molecule has 3 heterocycles. The number of methoxy groups -OCH3 is 1. The Balaban J connectivity index is 1.21. The van der Waals surface area contributed by atoms with E-state index in [1.54, 1.807) is 6.20 Å². The maximum atomic E-state index is 6.47. The Labute approximate surface area is 218 Å². The molecule has 1 spiro atoms. The molecule has 1 saturated carbocycles. The van der Waals surface area contributed by atoms with Crippen LogP contribution in [0, 0.1) is 5.41 Å². The van der Waals surface area contributed by atoms with E-state index in [1.807, 2.05) is 13.2 Å². The van der Waals surface area contributed by atoms with Gasteiger partial charge in [0.2, 0.25) is 5.95 Å². The summed E-state index contributed by atoms with van der Waals surface area (Å²) in [5, 5.41) is 8.59. The largest absolute Gasteiger partial charge is 0.381 e. The lowest BCUT2D eigenvalue weighted by molar-refractivity contribution is -0.0732. The van der Waals surface area contributed by atoms with Crippen molar-refractivity contribution in [1.29, 1.82) is 0 Å². The monoisotopic (exact) mass is 523 g/mol. The number of anilines is 5. The summed E-state index contributed by atoms with van der Waals surface area (Å²) in [5.74, 6) is 1.09. The third-order valence-electron chi connectivity index (χ3n) is 7.58. The van der Waals surface area contributed by atoms with Crippen LogP contribution >= 0.6 is 19.5 Å². The summed E-state index contributed by atoms with van der Waals surface area (Å²) in [6, 6.07) is 12.6. The van der Waals surface area contributed by atoms with E-state index in [-0.39, 0.29) is 7.92 Å². The van der Waals surface area contributed by atoms with E-state index >= 15 is 0 Å². The number of ether oxygens (including phenoxy) is 2. The molecule has 0 unspecified atom stereocenters. The van der Waals surface area contributed by atoms with Crippen LogP contribution in [0.5, 0.6) is 0 Å². The third kappa shape index (κ3) is 4.32. The summed E-state index contributed by atoms with van der Waals surface area (Å²) in [7, 11) is 1.54. The van der Waals surface area contributed by atoms with Gasteiger partial charge >= 0.3 is 0 Å². The maximum Gasteiger partial charge on any atom is 0.229 e. The van der Waals surface area contributed by atoms with Crippen molar-refractivity contribution < 1.29 is 9.47 Å². The number of nitrogens with one attached hydrogen (secondary N) is 2. The summed E-state index contributed by atoms with van der Waals surface area (Å²) in [6.45, 7) is 7.88. The van der Waals surface area contributed by atoms with Gasteiger partial charge < -0.3 is 25.0 Å². The summed E-state index contributed by atoms with van der Waals surface area (Å²) < 4.78 is 11.4. The highest BCUT2D eigenvalue weighted by atomic mass is 35.5. The number of aromatic nitrogens is 2. The van der Waals surface area contributed by atoms with Crippen LogP contribution < -0.4 is 20.8 Å². The highest BCUT2D eigenvalue weighted by Crippen LogP contribution is 2.52. The molecule has 0 amide bonds. The van der Waals surface area contributed by atoms with Crippen molar-refractivity contribution >= 4 is 53.7 Å². The molecule has 1 aliphatic carbocycles. The highest BCUT2D eigenvalue weighted by Gasteiger charge is 2.53. The maximum absolute atomic E-state index is 6.47. The first-order chi connectivity index (χ1) is 17.4. The number of nitrogens with zero attached hydrogens (tertiary/aromatic N) is 3. The lowest BCUT2D eigenvalue weighted by Gasteiger charge is -2.59. The first-order valence-corrected chi connectivity index (χ1v) is 14.9. The van der Waals surface area contributed by atoms with Crippen molar-refractivity contribution in [3.8, 4) is 0 Å². The second kappa shape index (κ2) is 9.46. The van der Waals surface area contributed by atoms with Crippen LogP contribution in [-0.4, -0.2) is 49.6 Å². The Morgan fingerprint density at radius 1 is 1.06 bits per heavy atom. The Bertz CT molecular complexity index is 1290. The minimum Gasteiger partial charge on any atom is -0.381 e. The molecule has 2 N–H and O–H groups in total. The predicted molar refractivity (Wildman–Crippen MR) is 148 cm³/mol. The van der Waals surface area contributed by atoms with Gasteiger partial charge in [-0.05, 0) is 49.7 Å². The molecule has 0 atom stereocenters. The van der Waals surface area contributed by atoms with E-state index in [2.05, 4.69) is 64.2 Å². The SMILES string of the molecule is COC1CC2(C1)CN(c1ccc(Nc3ncc(Cl)c(Nc4ccccc4P(C)C)n3)c3c1COC3)C2. The predicted octanol–water partition coefficient (Wildman–Crippen LogP) is 5.63. The molecule has 7 nitrogen and oxygen atoms in total. The van der Waals surface area contributed by atoms with Gasteiger partial charge in [0.25, 0.3) is 0 Å². The van der Waals surface area contributed by atoms with Gasteiger partial charge in [-0.3, -0.25) is 0 Å². The van der Waals surface area contributed by atoms with E-state index in [0.29, 0.717) is 41.5 Å². The molecule has 3 aliphatic rings. The van der Waals surface area contributed by atoms with Crippen LogP contribution in [0.25, 0.3) is 0 Å². The first kappa shape index (κ1) is 23.9. The summed E-state index contributed by atoms with van der Waals surface area (Å²) >= 11 is 6.47. The molecule has 1 aromatic heterocycles. The van der Waals surface area contributed by atoms with Crippen molar-refractivity contribution in [2.75, 3.05) is 49.1 Å². The van der Waals surface area contributed by atoms with Crippen LogP contribution in [0.2, 0.25) is 5.02 Å². The van der Waals surface area contributed by atoms with E-state index in [1.165, 1.54) is 35.0 Å². The topological polar surface area (TPSA) is 71.5 Å². The zero-order chi connectivity index (χ0) is 24.9. The van der Waals surface area contributed by atoms with Crippen LogP contribution in [0.4, 0.5) is 28.8 Å².